The molecule has 0 spiro atoms. The third-order valence-corrected chi connectivity index (χ3v) is 3.86. The summed E-state index contributed by atoms with van der Waals surface area (Å²) in [6.45, 7) is 6.94. The first-order valence-corrected chi connectivity index (χ1v) is 7.22. The molecule has 1 atom stereocenters. The summed E-state index contributed by atoms with van der Waals surface area (Å²) in [6.07, 6.45) is 14.7. The molecule has 0 aromatic carbocycles. The summed E-state index contributed by atoms with van der Waals surface area (Å²) in [6, 6.07) is 0. The van der Waals surface area contributed by atoms with E-state index in [1.165, 1.54) is 56.9 Å². The Balaban J connectivity index is 2.53. The highest BCUT2D eigenvalue weighted by molar-refractivity contribution is 5.17. The molecule has 0 aliphatic carbocycles. The molecule has 0 amide bonds. The van der Waals surface area contributed by atoms with E-state index in [0.717, 1.165) is 0 Å². The van der Waals surface area contributed by atoms with Gasteiger partial charge >= 0.3 is 0 Å². The van der Waals surface area contributed by atoms with Crippen LogP contribution in [0.25, 0.3) is 0 Å². The molecule has 2 nitrogen and oxygen atoms in total. The Hall–Kier alpha value is -0.790. The summed E-state index contributed by atoms with van der Waals surface area (Å²) >= 11 is 0. The second-order valence-corrected chi connectivity index (χ2v) is 5.46. The van der Waals surface area contributed by atoms with Crippen LogP contribution in [0, 0.1) is 0 Å². The third kappa shape index (κ3) is 4.53. The Labute approximate surface area is 106 Å². The van der Waals surface area contributed by atoms with E-state index < -0.39 is 0 Å². The van der Waals surface area contributed by atoms with Gasteiger partial charge in [-0.25, -0.2) is 0 Å². The first-order chi connectivity index (χ1) is 8.23. The molecule has 1 N–H and O–H groups in total. The second-order valence-electron chi connectivity index (χ2n) is 5.46. The van der Waals surface area contributed by atoms with Crippen molar-refractivity contribution in [1.82, 2.24) is 10.2 Å². The van der Waals surface area contributed by atoms with Crippen molar-refractivity contribution in [3.05, 3.63) is 18.0 Å². The Morgan fingerprint density at radius 2 is 1.76 bits per heavy atom. The fourth-order valence-electron chi connectivity index (χ4n) is 2.50. The van der Waals surface area contributed by atoms with Crippen molar-refractivity contribution in [3.8, 4) is 0 Å². The van der Waals surface area contributed by atoms with Gasteiger partial charge in [-0.15, -0.1) is 0 Å². The van der Waals surface area contributed by atoms with Gasteiger partial charge in [0.15, 0.2) is 0 Å². The number of rotatable bonds is 9. The van der Waals surface area contributed by atoms with E-state index in [4.69, 9.17) is 0 Å². The third-order valence-electron chi connectivity index (χ3n) is 3.86. The number of nitrogens with zero attached hydrogens (tertiary/aromatic N) is 1. The van der Waals surface area contributed by atoms with E-state index in [2.05, 4.69) is 37.2 Å². The summed E-state index contributed by atoms with van der Waals surface area (Å²) in [7, 11) is 0. The molecule has 0 fully saturated rings. The van der Waals surface area contributed by atoms with Gasteiger partial charge in [-0.1, -0.05) is 59.3 Å². The largest absolute Gasteiger partial charge is 0.285 e. The number of H-pyrrole nitrogens is 1. The molecule has 98 valence electrons. The van der Waals surface area contributed by atoms with Crippen LogP contribution in [0.5, 0.6) is 0 Å². The van der Waals surface area contributed by atoms with Gasteiger partial charge in [0, 0.05) is 6.20 Å². The molecule has 2 heteroatoms. The SMILES string of the molecule is CCCCCCC(C)(CCCC)c1cn[nH]c1. The molecule has 0 bridgehead atoms. The van der Waals surface area contributed by atoms with Crippen LogP contribution in [0.15, 0.2) is 12.4 Å². The van der Waals surface area contributed by atoms with Crippen LogP contribution in [0.3, 0.4) is 0 Å². The highest BCUT2D eigenvalue weighted by atomic mass is 15.1. The fraction of sp³-hybridized carbons (Fsp3) is 0.800. The van der Waals surface area contributed by atoms with Crippen LogP contribution in [-0.2, 0) is 5.41 Å². The molecule has 1 aromatic rings. The topological polar surface area (TPSA) is 28.7 Å². The van der Waals surface area contributed by atoms with E-state index in [1.807, 2.05) is 6.20 Å². The second kappa shape index (κ2) is 7.52. The molecule has 17 heavy (non-hydrogen) atoms. The Kier molecular flexibility index (Phi) is 6.31. The summed E-state index contributed by atoms with van der Waals surface area (Å²) in [4.78, 5) is 0. The minimum Gasteiger partial charge on any atom is -0.285 e. The van der Waals surface area contributed by atoms with Gasteiger partial charge in [0.25, 0.3) is 0 Å². The van der Waals surface area contributed by atoms with Crippen LogP contribution in [0.1, 0.15) is 77.7 Å². The molecule has 1 rings (SSSR count). The maximum Gasteiger partial charge on any atom is 0.0524 e. The van der Waals surface area contributed by atoms with Gasteiger partial charge in [0.2, 0.25) is 0 Å². The van der Waals surface area contributed by atoms with Gasteiger partial charge in [-0.3, -0.25) is 5.10 Å². The summed E-state index contributed by atoms with van der Waals surface area (Å²) in [5.74, 6) is 0. The first-order valence-electron chi connectivity index (χ1n) is 7.22. The van der Waals surface area contributed by atoms with Gasteiger partial charge in [0.1, 0.15) is 0 Å². The predicted molar refractivity (Wildman–Crippen MR) is 74.2 cm³/mol. The van der Waals surface area contributed by atoms with Crippen molar-refractivity contribution < 1.29 is 0 Å². The zero-order chi connectivity index (χ0) is 12.6. The van der Waals surface area contributed by atoms with E-state index in [-0.39, 0.29) is 0 Å². The maximum atomic E-state index is 4.12. The maximum absolute atomic E-state index is 4.12. The van der Waals surface area contributed by atoms with Gasteiger partial charge in [-0.05, 0) is 23.8 Å². The van der Waals surface area contributed by atoms with E-state index in [0.29, 0.717) is 5.41 Å². The Morgan fingerprint density at radius 3 is 2.35 bits per heavy atom. The molecule has 0 aliphatic rings. The number of hydrogen-bond acceptors (Lipinski definition) is 1. The number of unbranched alkanes of at least 4 members (excludes halogenated alkanes) is 4. The minimum atomic E-state index is 0.330. The van der Waals surface area contributed by atoms with Crippen LogP contribution in [0.2, 0.25) is 0 Å². The number of aromatic amines is 1. The number of hydrogen-bond donors (Lipinski definition) is 1. The summed E-state index contributed by atoms with van der Waals surface area (Å²) < 4.78 is 0. The predicted octanol–water partition coefficient (Wildman–Crippen LogP) is 4.83. The normalized spacial score (nSPS) is 14.8. The molecule has 1 unspecified atom stereocenters. The van der Waals surface area contributed by atoms with Crippen LogP contribution in [-0.4, -0.2) is 10.2 Å². The van der Waals surface area contributed by atoms with Gasteiger partial charge in [0.05, 0.1) is 6.20 Å². The Morgan fingerprint density at radius 1 is 1.06 bits per heavy atom. The highest BCUT2D eigenvalue weighted by Crippen LogP contribution is 2.34. The lowest BCUT2D eigenvalue weighted by Gasteiger charge is -2.28. The lowest BCUT2D eigenvalue weighted by Crippen LogP contribution is -2.21. The zero-order valence-electron chi connectivity index (χ0n) is 11.8. The minimum absolute atomic E-state index is 0.330. The molecular weight excluding hydrogens is 208 g/mol. The zero-order valence-corrected chi connectivity index (χ0v) is 11.8. The number of nitrogens with one attached hydrogen (secondary N) is 1. The average Bonchev–Trinajstić information content (AvgIpc) is 2.86. The quantitative estimate of drug-likeness (QED) is 0.611. The average molecular weight is 236 g/mol. The van der Waals surface area contributed by atoms with Crippen molar-refractivity contribution >= 4 is 0 Å². The van der Waals surface area contributed by atoms with Crippen LogP contribution < -0.4 is 0 Å². The van der Waals surface area contributed by atoms with Crippen molar-refractivity contribution in [1.29, 1.82) is 0 Å². The standard InChI is InChI=1S/C15H28N2/c1-4-6-8-9-11-15(3,10-7-5-2)14-12-16-17-13-14/h12-13H,4-11H2,1-3H3,(H,16,17). The van der Waals surface area contributed by atoms with Crippen molar-refractivity contribution in [3.63, 3.8) is 0 Å². The molecular formula is C15H28N2. The van der Waals surface area contributed by atoms with Gasteiger partial charge in [-0.2, -0.15) is 5.10 Å². The van der Waals surface area contributed by atoms with Crippen molar-refractivity contribution in [2.24, 2.45) is 0 Å². The highest BCUT2D eigenvalue weighted by Gasteiger charge is 2.26. The van der Waals surface area contributed by atoms with Gasteiger partial charge < -0.3 is 0 Å². The molecule has 0 aliphatic heterocycles. The fourth-order valence-corrected chi connectivity index (χ4v) is 2.50. The molecule has 0 radical (unpaired) electrons. The van der Waals surface area contributed by atoms with E-state index >= 15 is 0 Å². The van der Waals surface area contributed by atoms with E-state index in [1.54, 1.807) is 0 Å². The molecule has 0 saturated heterocycles. The smallest absolute Gasteiger partial charge is 0.0524 e. The lowest BCUT2D eigenvalue weighted by atomic mass is 9.75. The summed E-state index contributed by atoms with van der Waals surface area (Å²) in [5, 5.41) is 7.08. The molecule has 0 saturated carbocycles. The monoisotopic (exact) mass is 236 g/mol. The Bertz CT molecular complexity index is 279. The van der Waals surface area contributed by atoms with Crippen molar-refractivity contribution in [2.45, 2.75) is 77.6 Å². The number of aromatic nitrogens is 2. The van der Waals surface area contributed by atoms with Crippen LogP contribution >= 0.6 is 0 Å². The van der Waals surface area contributed by atoms with Crippen LogP contribution in [0.4, 0.5) is 0 Å². The lowest BCUT2D eigenvalue weighted by molar-refractivity contribution is 0.369. The van der Waals surface area contributed by atoms with E-state index in [9.17, 15) is 0 Å². The summed E-state index contributed by atoms with van der Waals surface area (Å²) in [5.41, 5.74) is 1.72. The first kappa shape index (κ1) is 14.3. The molecule has 1 aromatic heterocycles. The molecule has 1 heterocycles. The van der Waals surface area contributed by atoms with Crippen molar-refractivity contribution in [2.75, 3.05) is 0 Å².